The summed E-state index contributed by atoms with van der Waals surface area (Å²) in [5.74, 6) is -2.08. The molecule has 4 saturated carbocycles. The Balaban J connectivity index is 0.00000405. The van der Waals surface area contributed by atoms with Crippen molar-refractivity contribution in [2.75, 3.05) is 0 Å². The summed E-state index contributed by atoms with van der Waals surface area (Å²) < 4.78 is 0. The summed E-state index contributed by atoms with van der Waals surface area (Å²) in [6, 6.07) is -0.234. The van der Waals surface area contributed by atoms with Crippen molar-refractivity contribution >= 4 is 23.6 Å². The first-order valence-electron chi connectivity index (χ1n) is 15.5. The third-order valence-corrected chi connectivity index (χ3v) is 13.7. The molecule has 0 spiro atoms. The van der Waals surface area contributed by atoms with Gasteiger partial charge in [0.1, 0.15) is 0 Å². The van der Waals surface area contributed by atoms with Crippen LogP contribution in [0, 0.1) is 50.2 Å². The van der Waals surface area contributed by atoms with E-state index in [0.717, 1.165) is 50.7 Å². The van der Waals surface area contributed by atoms with E-state index in [0.29, 0.717) is 19.3 Å². The van der Waals surface area contributed by atoms with Gasteiger partial charge in [0, 0.05) is 12.0 Å². The summed E-state index contributed by atoms with van der Waals surface area (Å²) in [6.07, 6.45) is 11.4. The number of rotatable bonds is 4. The summed E-state index contributed by atoms with van der Waals surface area (Å²) in [7, 11) is 0. The van der Waals surface area contributed by atoms with Gasteiger partial charge >= 0.3 is 63.3 Å². The molecule has 0 aromatic carbocycles. The molecule has 5 aliphatic rings. The minimum atomic E-state index is -1.17. The Bertz CT molecular complexity index is 1270. The summed E-state index contributed by atoms with van der Waals surface area (Å²) in [4.78, 5) is 42.1. The third-order valence-electron chi connectivity index (χ3n) is 13.7. The molecule has 0 amide bonds. The van der Waals surface area contributed by atoms with E-state index >= 15 is 0 Å². The molecule has 0 bridgehead atoms. The number of carboxylic acid groups (broad SMARTS) is 2. The largest absolute Gasteiger partial charge is 1.00 e. The fourth-order valence-electron chi connectivity index (χ4n) is 10.9. The number of ketones is 1. The summed E-state index contributed by atoms with van der Waals surface area (Å²) in [5.41, 5.74) is -0.535. The molecule has 5 rings (SSSR count). The van der Waals surface area contributed by atoms with Gasteiger partial charge in [0.2, 0.25) is 0 Å². The van der Waals surface area contributed by atoms with Crippen LogP contribution in [0.5, 0.6) is 0 Å². The van der Waals surface area contributed by atoms with Crippen LogP contribution in [0.4, 0.5) is 0 Å². The minimum Gasteiger partial charge on any atom is -0.859 e. The SMILES string of the molecule is CC1(C)[C@@H](N=C([O-])/C=C\C(=O)O)CC[C@]2(C)[C@H]3C(=O)C=C4[C@@H]5C[C@@](C)(C(=O)O)CC[C@]5(C)CC[C@@]4(C)[C@]3(C)CC[C@@H]12.[K+]. The second kappa shape index (κ2) is 10.9. The number of aliphatic carboxylic acids is 2. The molecule has 5 aliphatic carbocycles. The molecule has 226 valence electrons. The molecule has 0 heterocycles. The number of hydrogen-bond donors (Lipinski definition) is 2. The van der Waals surface area contributed by atoms with Crippen molar-refractivity contribution in [1.29, 1.82) is 0 Å². The van der Waals surface area contributed by atoms with Crippen LogP contribution in [0.1, 0.15) is 106 Å². The van der Waals surface area contributed by atoms with Crippen molar-refractivity contribution in [2.24, 2.45) is 55.2 Å². The average molecular weight is 606 g/mol. The van der Waals surface area contributed by atoms with E-state index < -0.39 is 23.3 Å². The standard InChI is InChI=1S/C34H49NO6.K/c1-29(2)23-10-13-34(7)27(32(23,5)12-11-24(29)35-25(37)8-9-26(38)39)22(36)18-20-21-19-31(4,28(40)41)15-14-30(21,3)16-17-33(20,34)6;/h8-9,18,21,23-24,27H,10-17,19H2,1-7H3,(H,35,37)(H,38,39)(H,40,41);/q;+1/p-1/b9-8-;/t21-,23-,24-,27+,30+,31-,32-,33+,34+;/m0./s1. The quantitative estimate of drug-likeness (QED) is 0.220. The van der Waals surface area contributed by atoms with Crippen molar-refractivity contribution in [2.45, 2.75) is 112 Å². The molecule has 9 atom stereocenters. The second-order valence-electron chi connectivity index (χ2n) is 16.1. The van der Waals surface area contributed by atoms with Crippen LogP contribution in [0.15, 0.2) is 28.8 Å². The van der Waals surface area contributed by atoms with E-state index in [1.165, 1.54) is 5.57 Å². The monoisotopic (exact) mass is 605 g/mol. The Kier molecular flexibility index (Phi) is 8.86. The average Bonchev–Trinajstić information content (AvgIpc) is 2.86. The predicted octanol–water partition coefficient (Wildman–Crippen LogP) is 2.82. The van der Waals surface area contributed by atoms with Gasteiger partial charge in [-0.1, -0.05) is 47.1 Å². The maximum Gasteiger partial charge on any atom is 1.00 e. The van der Waals surface area contributed by atoms with Crippen LogP contribution in [0.3, 0.4) is 0 Å². The van der Waals surface area contributed by atoms with Crippen LogP contribution in [-0.2, 0) is 14.4 Å². The number of aliphatic imine (C=N–C) groups is 1. The van der Waals surface area contributed by atoms with Gasteiger partial charge in [0.05, 0.1) is 11.5 Å². The van der Waals surface area contributed by atoms with Gasteiger partial charge in [-0.25, -0.2) is 4.79 Å². The summed E-state index contributed by atoms with van der Waals surface area (Å²) in [5, 5.41) is 31.5. The number of hydrogen-bond acceptors (Lipinski definition) is 5. The number of carboxylic acids is 2. The topological polar surface area (TPSA) is 127 Å². The molecule has 4 fully saturated rings. The van der Waals surface area contributed by atoms with Gasteiger partial charge in [-0.15, -0.1) is 0 Å². The molecular weight excluding hydrogens is 557 g/mol. The Morgan fingerprint density at radius 3 is 2.19 bits per heavy atom. The zero-order valence-corrected chi connectivity index (χ0v) is 30.0. The van der Waals surface area contributed by atoms with Gasteiger partial charge in [-0.2, -0.15) is 0 Å². The Morgan fingerprint density at radius 2 is 1.57 bits per heavy atom. The van der Waals surface area contributed by atoms with Gasteiger partial charge < -0.3 is 15.3 Å². The number of fused-ring (bicyclic) bond motifs is 7. The molecule has 0 aromatic heterocycles. The summed E-state index contributed by atoms with van der Waals surface area (Å²) in [6.45, 7) is 15.5. The molecule has 0 aromatic rings. The summed E-state index contributed by atoms with van der Waals surface area (Å²) >= 11 is 0. The molecule has 0 radical (unpaired) electrons. The van der Waals surface area contributed by atoms with Crippen LogP contribution in [0.2, 0.25) is 0 Å². The van der Waals surface area contributed by atoms with Crippen molar-refractivity contribution in [3.8, 4) is 0 Å². The van der Waals surface area contributed by atoms with Gasteiger partial charge in [-0.3, -0.25) is 14.6 Å². The fraction of sp³-hybridized carbons (Fsp3) is 0.765. The normalized spacial score (nSPS) is 46.3. The van der Waals surface area contributed by atoms with E-state index in [4.69, 9.17) is 5.11 Å². The van der Waals surface area contributed by atoms with Crippen molar-refractivity contribution < 1.29 is 81.1 Å². The van der Waals surface area contributed by atoms with Crippen molar-refractivity contribution in [1.82, 2.24) is 0 Å². The zero-order chi connectivity index (χ0) is 30.4. The molecule has 0 saturated heterocycles. The maximum absolute atomic E-state index is 14.4. The smallest absolute Gasteiger partial charge is 0.859 e. The van der Waals surface area contributed by atoms with Crippen molar-refractivity contribution in [3.63, 3.8) is 0 Å². The molecule has 0 aliphatic heterocycles. The van der Waals surface area contributed by atoms with E-state index in [1.807, 2.05) is 13.0 Å². The first-order chi connectivity index (χ1) is 18.8. The van der Waals surface area contributed by atoms with E-state index in [-0.39, 0.29) is 108 Å². The molecule has 7 nitrogen and oxygen atoms in total. The molecule has 42 heavy (non-hydrogen) atoms. The Hall–Kier alpha value is -0.804. The molecule has 8 heteroatoms. The first kappa shape index (κ1) is 34.1. The first-order valence-corrected chi connectivity index (χ1v) is 15.5. The number of carbonyl (C=O) groups excluding carboxylic acids is 1. The number of allylic oxidation sites excluding steroid dienone is 2. The van der Waals surface area contributed by atoms with Gasteiger partial charge in [-0.05, 0) is 122 Å². The van der Waals surface area contributed by atoms with Crippen LogP contribution in [-0.4, -0.2) is 39.9 Å². The maximum atomic E-state index is 14.4. The third kappa shape index (κ3) is 4.88. The second-order valence-corrected chi connectivity index (χ2v) is 16.1. The van der Waals surface area contributed by atoms with E-state index in [1.54, 1.807) is 0 Å². The zero-order valence-electron chi connectivity index (χ0n) is 26.9. The Morgan fingerprint density at radius 1 is 0.929 bits per heavy atom. The van der Waals surface area contributed by atoms with Crippen molar-refractivity contribution in [3.05, 3.63) is 23.8 Å². The van der Waals surface area contributed by atoms with E-state index in [9.17, 15) is 24.6 Å². The van der Waals surface area contributed by atoms with E-state index in [2.05, 4.69) is 46.5 Å². The van der Waals surface area contributed by atoms with Gasteiger partial charge in [0.15, 0.2) is 5.78 Å². The fourth-order valence-corrected chi connectivity index (χ4v) is 10.9. The molecule has 2 N–H and O–H groups in total. The molecule has 0 unspecified atom stereocenters. The van der Waals surface area contributed by atoms with Gasteiger partial charge in [0.25, 0.3) is 0 Å². The number of carbonyl (C=O) groups is 3. The molecular formula is C34H48KNO6. The minimum absolute atomic E-state index is 0. The van der Waals surface area contributed by atoms with Crippen LogP contribution < -0.4 is 56.5 Å². The number of nitrogens with zero attached hydrogens (tertiary/aromatic N) is 1. The predicted molar refractivity (Wildman–Crippen MR) is 155 cm³/mol. The Labute approximate surface area is 293 Å². The van der Waals surface area contributed by atoms with Crippen LogP contribution in [0.25, 0.3) is 0 Å². The van der Waals surface area contributed by atoms with Crippen LogP contribution >= 0.6 is 0 Å².